The number of amides is 4. The van der Waals surface area contributed by atoms with Crippen LogP contribution >= 0.6 is 11.8 Å². The third-order valence-electron chi connectivity index (χ3n) is 5.70. The number of urea groups is 1. The first kappa shape index (κ1) is 21.2. The maximum Gasteiger partial charge on any atom is 0.344 e. The molecule has 0 bridgehead atoms. The van der Waals surface area contributed by atoms with Gasteiger partial charge in [-0.1, -0.05) is 18.7 Å². The van der Waals surface area contributed by atoms with E-state index in [0.29, 0.717) is 29.9 Å². The zero-order chi connectivity index (χ0) is 22.3. The van der Waals surface area contributed by atoms with Crippen LogP contribution in [-0.2, 0) is 9.59 Å². The summed E-state index contributed by atoms with van der Waals surface area (Å²) >= 11 is 1.04. The summed E-state index contributed by atoms with van der Waals surface area (Å²) in [5.74, 6) is 5.86. The van der Waals surface area contributed by atoms with E-state index in [1.165, 1.54) is 4.68 Å². The van der Waals surface area contributed by atoms with Crippen LogP contribution in [0.3, 0.4) is 0 Å². The van der Waals surface area contributed by atoms with E-state index in [0.717, 1.165) is 41.0 Å². The van der Waals surface area contributed by atoms with Crippen LogP contribution in [0.2, 0.25) is 0 Å². The van der Waals surface area contributed by atoms with E-state index >= 15 is 0 Å². The van der Waals surface area contributed by atoms with E-state index in [2.05, 4.69) is 33.0 Å². The molecule has 4 N–H and O–H groups in total. The van der Waals surface area contributed by atoms with Gasteiger partial charge < -0.3 is 11.2 Å². The van der Waals surface area contributed by atoms with Gasteiger partial charge in [0.2, 0.25) is 11.1 Å². The highest BCUT2D eigenvalue weighted by Crippen LogP contribution is 2.35. The summed E-state index contributed by atoms with van der Waals surface area (Å²) in [6, 6.07) is 1.28. The fraction of sp³-hybridized carbons (Fsp3) is 0.556. The largest absolute Gasteiger partial charge is 0.344 e. The minimum Gasteiger partial charge on any atom is -0.334 e. The third-order valence-corrected chi connectivity index (χ3v) is 6.65. The van der Waals surface area contributed by atoms with Gasteiger partial charge in [-0.25, -0.2) is 14.2 Å². The molecule has 13 heteroatoms. The number of nitrogens with two attached hydrogens (primary N) is 1. The van der Waals surface area contributed by atoms with Gasteiger partial charge in [0, 0.05) is 5.69 Å². The summed E-state index contributed by atoms with van der Waals surface area (Å²) < 4.78 is 2.80. The number of hydrogen-bond donors (Lipinski definition) is 3. The van der Waals surface area contributed by atoms with Crippen LogP contribution in [0.15, 0.2) is 11.2 Å². The average Bonchev–Trinajstić information content (AvgIpc) is 3.32. The lowest BCUT2D eigenvalue weighted by Gasteiger charge is -2.33. The lowest BCUT2D eigenvalue weighted by molar-refractivity contribution is -0.139. The predicted octanol–water partition coefficient (Wildman–Crippen LogP) is 0.418. The number of nitrogens with one attached hydrogen (secondary N) is 2. The fourth-order valence-corrected chi connectivity index (χ4v) is 4.59. The molecule has 0 radical (unpaired) electrons. The van der Waals surface area contributed by atoms with E-state index in [9.17, 15) is 14.4 Å². The van der Waals surface area contributed by atoms with E-state index < -0.39 is 23.4 Å². The molecule has 166 valence electrons. The molecule has 1 aliphatic heterocycles. The Bertz CT molecular complexity index is 1040. The van der Waals surface area contributed by atoms with E-state index in [1.807, 2.05) is 19.9 Å². The Balaban J connectivity index is 1.37. The lowest BCUT2D eigenvalue weighted by atomic mass is 9.77. The number of carbonyl (C=O) groups is 3. The van der Waals surface area contributed by atoms with Crippen molar-refractivity contribution in [2.45, 2.75) is 57.1 Å². The van der Waals surface area contributed by atoms with Crippen molar-refractivity contribution < 1.29 is 14.4 Å². The van der Waals surface area contributed by atoms with Crippen LogP contribution in [0.5, 0.6) is 0 Å². The quantitative estimate of drug-likeness (QED) is 0.339. The second-order valence-electron chi connectivity index (χ2n) is 8.15. The number of hydrogen-bond acceptors (Lipinski definition) is 8. The van der Waals surface area contributed by atoms with Crippen LogP contribution in [0.1, 0.15) is 44.0 Å². The van der Waals surface area contributed by atoms with Crippen molar-refractivity contribution >= 4 is 29.6 Å². The summed E-state index contributed by atoms with van der Waals surface area (Å²) in [5, 5.41) is 16.2. The van der Waals surface area contributed by atoms with Gasteiger partial charge in [-0.05, 0) is 51.5 Å². The van der Waals surface area contributed by atoms with Crippen molar-refractivity contribution in [3.63, 3.8) is 0 Å². The van der Waals surface area contributed by atoms with Crippen LogP contribution < -0.4 is 16.6 Å². The number of hydrazine groups is 1. The zero-order valence-electron chi connectivity index (χ0n) is 17.6. The molecule has 4 rings (SSSR count). The SMILES string of the molecule is Cc1cc(C)n(-c2nnc(SCC(=O)NN3C(=O)NC4(CCC(C)CC4)C3=O)n2N)n1. The summed E-state index contributed by atoms with van der Waals surface area (Å²) in [5.41, 5.74) is 3.15. The number of aromatic nitrogens is 5. The molecule has 0 atom stereocenters. The van der Waals surface area contributed by atoms with Crippen LogP contribution in [0, 0.1) is 19.8 Å². The summed E-state index contributed by atoms with van der Waals surface area (Å²) in [4.78, 5) is 37.5. The van der Waals surface area contributed by atoms with Gasteiger partial charge in [0.1, 0.15) is 5.54 Å². The molecule has 1 saturated carbocycles. The van der Waals surface area contributed by atoms with Gasteiger partial charge in [-0.15, -0.1) is 10.2 Å². The molecule has 0 aromatic carbocycles. The first-order valence-electron chi connectivity index (χ1n) is 10.0. The van der Waals surface area contributed by atoms with Crippen LogP contribution in [0.4, 0.5) is 4.79 Å². The van der Waals surface area contributed by atoms with E-state index in [-0.39, 0.29) is 5.75 Å². The first-order valence-corrected chi connectivity index (χ1v) is 11.0. The summed E-state index contributed by atoms with van der Waals surface area (Å²) in [7, 11) is 0. The van der Waals surface area contributed by atoms with Crippen molar-refractivity contribution in [2.24, 2.45) is 5.92 Å². The number of thioether (sulfide) groups is 1. The molecule has 2 aromatic heterocycles. The second-order valence-corrected chi connectivity index (χ2v) is 9.09. The molecule has 3 heterocycles. The minimum absolute atomic E-state index is 0.104. The third kappa shape index (κ3) is 3.84. The Kier molecular flexibility index (Phi) is 5.37. The molecule has 12 nitrogen and oxygen atoms in total. The fourth-order valence-electron chi connectivity index (χ4n) is 3.95. The van der Waals surface area contributed by atoms with Gasteiger partial charge in [-0.3, -0.25) is 15.0 Å². The van der Waals surface area contributed by atoms with Gasteiger partial charge >= 0.3 is 6.03 Å². The maximum atomic E-state index is 12.8. The Morgan fingerprint density at radius 3 is 2.68 bits per heavy atom. The van der Waals surface area contributed by atoms with E-state index in [1.54, 1.807) is 4.68 Å². The highest BCUT2D eigenvalue weighted by Gasteiger charge is 2.52. The second kappa shape index (κ2) is 7.87. The van der Waals surface area contributed by atoms with Crippen molar-refractivity contribution in [2.75, 3.05) is 11.6 Å². The highest BCUT2D eigenvalue weighted by atomic mass is 32.2. The maximum absolute atomic E-state index is 12.8. The number of nitrogens with zero attached hydrogens (tertiary/aromatic N) is 6. The molecule has 31 heavy (non-hydrogen) atoms. The molecule has 2 aliphatic rings. The summed E-state index contributed by atoms with van der Waals surface area (Å²) in [6.07, 6.45) is 2.86. The summed E-state index contributed by atoms with van der Waals surface area (Å²) in [6.45, 7) is 5.85. The molecule has 2 aromatic rings. The number of nitrogen functional groups attached to an aromatic ring is 1. The lowest BCUT2D eigenvalue weighted by Crippen LogP contribution is -2.51. The first-order chi connectivity index (χ1) is 14.7. The van der Waals surface area contributed by atoms with Crippen LogP contribution in [-0.4, -0.2) is 58.8 Å². The molecule has 1 spiro atoms. The normalized spacial score (nSPS) is 23.5. The van der Waals surface area contributed by atoms with Crippen molar-refractivity contribution in [3.05, 3.63) is 17.5 Å². The zero-order valence-corrected chi connectivity index (χ0v) is 18.4. The minimum atomic E-state index is -0.907. The molecule has 1 aliphatic carbocycles. The smallest absolute Gasteiger partial charge is 0.334 e. The molecular formula is C18H25N9O3S. The molecule has 1 saturated heterocycles. The van der Waals surface area contributed by atoms with E-state index in [4.69, 9.17) is 5.84 Å². The topological polar surface area (TPSA) is 153 Å². The standard InChI is InChI=1S/C18H25N9O3S/c1-10-4-6-18(7-5-10)14(29)27(16(30)20-18)24-13(28)9-31-17-22-21-15(25(17)19)26-12(3)8-11(2)23-26/h8,10H,4-7,9,19H2,1-3H3,(H,20,30)(H,24,28). The number of carbonyl (C=O) groups excluding carboxylic acids is 3. The van der Waals surface area contributed by atoms with Crippen LogP contribution in [0.25, 0.3) is 5.95 Å². The molecule has 2 fully saturated rings. The Morgan fingerprint density at radius 2 is 2.03 bits per heavy atom. The average molecular weight is 448 g/mol. The van der Waals surface area contributed by atoms with Gasteiger partial charge in [0.05, 0.1) is 11.4 Å². The van der Waals surface area contributed by atoms with Crippen molar-refractivity contribution in [1.82, 2.24) is 40.4 Å². The Hall–Kier alpha value is -3.09. The number of aryl methyl sites for hydroxylation is 2. The van der Waals surface area contributed by atoms with Gasteiger partial charge in [0.25, 0.3) is 11.9 Å². The number of rotatable bonds is 5. The van der Waals surface area contributed by atoms with Crippen molar-refractivity contribution in [3.8, 4) is 5.95 Å². The highest BCUT2D eigenvalue weighted by molar-refractivity contribution is 7.99. The monoisotopic (exact) mass is 447 g/mol. The Morgan fingerprint density at radius 1 is 1.32 bits per heavy atom. The van der Waals surface area contributed by atoms with Crippen molar-refractivity contribution in [1.29, 1.82) is 0 Å². The molecule has 4 amide bonds. The predicted molar refractivity (Wildman–Crippen MR) is 111 cm³/mol. The van der Waals surface area contributed by atoms with Gasteiger partial charge in [-0.2, -0.15) is 10.1 Å². The van der Waals surface area contributed by atoms with Gasteiger partial charge in [0.15, 0.2) is 0 Å². The Labute approximate surface area is 182 Å². The molecule has 0 unspecified atom stereocenters. The number of imide groups is 1. The molecular weight excluding hydrogens is 422 g/mol.